The third kappa shape index (κ3) is 4.64. The molecule has 1 aromatic carbocycles. The number of thiophene rings is 1. The second-order valence-electron chi connectivity index (χ2n) is 8.12. The molecular weight excluding hydrogens is 416 g/mol. The number of carbonyl (C=O) groups is 1. The van der Waals surface area contributed by atoms with Gasteiger partial charge in [0, 0.05) is 41.8 Å². The molecule has 0 spiro atoms. The normalized spacial score (nSPS) is 19.2. The van der Waals surface area contributed by atoms with Crippen LogP contribution < -0.4 is 10.2 Å². The summed E-state index contributed by atoms with van der Waals surface area (Å²) in [7, 11) is 0. The number of rotatable bonds is 5. The van der Waals surface area contributed by atoms with Crippen molar-refractivity contribution in [3.8, 4) is 6.07 Å². The lowest BCUT2D eigenvalue weighted by Crippen LogP contribution is -2.48. The minimum absolute atomic E-state index is 0.0305. The first-order valence-electron chi connectivity index (χ1n) is 10.6. The van der Waals surface area contributed by atoms with Gasteiger partial charge in [0.05, 0.1) is 12.1 Å². The standard InChI is InChI=1S/C23H27ClN4OS/c1-2-16-3-8-19-20(14-25)23(30-21(19)13-16)26-22(29)15-27-9-11-28(12-10-27)18-6-4-17(24)5-7-18/h4-7,16H,2-3,8-13,15H2,1H3,(H,26,29). The molecule has 7 heteroatoms. The van der Waals surface area contributed by atoms with Crippen molar-refractivity contribution < 1.29 is 4.79 Å². The van der Waals surface area contributed by atoms with Gasteiger partial charge in [0.1, 0.15) is 11.1 Å². The van der Waals surface area contributed by atoms with Gasteiger partial charge in [-0.3, -0.25) is 9.69 Å². The molecule has 0 bridgehead atoms. The summed E-state index contributed by atoms with van der Waals surface area (Å²) in [6, 6.07) is 10.2. The van der Waals surface area contributed by atoms with E-state index in [0.717, 1.165) is 61.2 Å². The summed E-state index contributed by atoms with van der Waals surface area (Å²) in [4.78, 5) is 18.5. The van der Waals surface area contributed by atoms with E-state index in [1.54, 1.807) is 11.3 Å². The highest BCUT2D eigenvalue weighted by molar-refractivity contribution is 7.16. The Morgan fingerprint density at radius 1 is 1.27 bits per heavy atom. The highest BCUT2D eigenvalue weighted by Crippen LogP contribution is 2.40. The van der Waals surface area contributed by atoms with E-state index in [1.807, 2.05) is 24.3 Å². The Morgan fingerprint density at radius 3 is 2.67 bits per heavy atom. The number of nitrogens with zero attached hydrogens (tertiary/aromatic N) is 3. The lowest BCUT2D eigenvalue weighted by Gasteiger charge is -2.35. The van der Waals surface area contributed by atoms with Gasteiger partial charge in [-0.25, -0.2) is 0 Å². The molecule has 5 nitrogen and oxygen atoms in total. The number of amides is 1. The molecule has 2 heterocycles. The van der Waals surface area contributed by atoms with E-state index in [0.29, 0.717) is 18.0 Å². The van der Waals surface area contributed by atoms with Crippen LogP contribution in [0.5, 0.6) is 0 Å². The zero-order chi connectivity index (χ0) is 21.1. The van der Waals surface area contributed by atoms with Gasteiger partial charge < -0.3 is 10.2 Å². The molecule has 0 radical (unpaired) electrons. The third-order valence-corrected chi connectivity index (χ3v) is 7.66. The molecule has 2 aliphatic rings. The van der Waals surface area contributed by atoms with Crippen molar-refractivity contribution in [3.05, 3.63) is 45.3 Å². The maximum Gasteiger partial charge on any atom is 0.239 e. The average molecular weight is 443 g/mol. The van der Waals surface area contributed by atoms with Crippen molar-refractivity contribution >= 4 is 39.5 Å². The topological polar surface area (TPSA) is 59.4 Å². The molecule has 2 aromatic rings. The fourth-order valence-electron chi connectivity index (χ4n) is 4.39. The highest BCUT2D eigenvalue weighted by atomic mass is 35.5. The molecule has 1 unspecified atom stereocenters. The van der Waals surface area contributed by atoms with E-state index in [-0.39, 0.29) is 5.91 Å². The van der Waals surface area contributed by atoms with Gasteiger partial charge in [0.25, 0.3) is 0 Å². The van der Waals surface area contributed by atoms with E-state index in [9.17, 15) is 10.1 Å². The molecular formula is C23H27ClN4OS. The summed E-state index contributed by atoms with van der Waals surface area (Å²) in [6.07, 6.45) is 4.30. The lowest BCUT2D eigenvalue weighted by atomic mass is 9.86. The molecule has 1 aliphatic carbocycles. The molecule has 1 aromatic heterocycles. The van der Waals surface area contributed by atoms with Crippen LogP contribution in [-0.4, -0.2) is 43.5 Å². The molecule has 1 saturated heterocycles. The Kier molecular flexibility index (Phi) is 6.62. The van der Waals surface area contributed by atoms with Gasteiger partial charge in [-0.1, -0.05) is 24.9 Å². The summed E-state index contributed by atoms with van der Waals surface area (Å²) in [5, 5.41) is 14.2. The number of hydrogen-bond donors (Lipinski definition) is 1. The monoisotopic (exact) mass is 442 g/mol. The van der Waals surface area contributed by atoms with Crippen LogP contribution >= 0.6 is 22.9 Å². The maximum absolute atomic E-state index is 12.7. The number of halogens is 1. The number of hydrogen-bond acceptors (Lipinski definition) is 5. The molecule has 1 fully saturated rings. The van der Waals surface area contributed by atoms with Crippen molar-refractivity contribution in [3.63, 3.8) is 0 Å². The smallest absolute Gasteiger partial charge is 0.239 e. The zero-order valence-electron chi connectivity index (χ0n) is 17.3. The SMILES string of the molecule is CCC1CCc2c(sc(NC(=O)CN3CCN(c4ccc(Cl)cc4)CC3)c2C#N)C1. The molecule has 158 valence electrons. The summed E-state index contributed by atoms with van der Waals surface area (Å²) in [5.41, 5.74) is 3.02. The minimum Gasteiger partial charge on any atom is -0.369 e. The van der Waals surface area contributed by atoms with Gasteiger partial charge in [-0.05, 0) is 55.0 Å². The Morgan fingerprint density at radius 2 is 2.00 bits per heavy atom. The van der Waals surface area contributed by atoms with Crippen LogP contribution in [0.15, 0.2) is 24.3 Å². The Bertz CT molecular complexity index is 941. The Labute approximate surface area is 187 Å². The van der Waals surface area contributed by atoms with Crippen molar-refractivity contribution in [2.24, 2.45) is 5.92 Å². The molecule has 30 heavy (non-hydrogen) atoms. The van der Waals surface area contributed by atoms with Crippen molar-refractivity contribution in [2.45, 2.75) is 32.6 Å². The fourth-order valence-corrected chi connectivity index (χ4v) is 5.85. The summed E-state index contributed by atoms with van der Waals surface area (Å²) in [5.74, 6) is 0.667. The maximum atomic E-state index is 12.7. The van der Waals surface area contributed by atoms with Crippen molar-refractivity contribution in [2.75, 3.05) is 42.9 Å². The molecule has 1 aliphatic heterocycles. The van der Waals surface area contributed by atoms with Gasteiger partial charge in [0.2, 0.25) is 5.91 Å². The first-order valence-corrected chi connectivity index (χ1v) is 11.8. The lowest BCUT2D eigenvalue weighted by molar-refractivity contribution is -0.117. The average Bonchev–Trinajstić information content (AvgIpc) is 3.10. The second-order valence-corrected chi connectivity index (χ2v) is 9.67. The number of nitrogens with one attached hydrogen (secondary N) is 1. The Balaban J connectivity index is 1.33. The van der Waals surface area contributed by atoms with E-state index >= 15 is 0 Å². The van der Waals surface area contributed by atoms with Crippen LogP contribution in [-0.2, 0) is 17.6 Å². The van der Waals surface area contributed by atoms with Crippen LogP contribution in [0, 0.1) is 17.2 Å². The van der Waals surface area contributed by atoms with Crippen LogP contribution in [0.4, 0.5) is 10.7 Å². The molecule has 1 amide bonds. The number of fused-ring (bicyclic) bond motifs is 1. The molecule has 1 atom stereocenters. The summed E-state index contributed by atoms with van der Waals surface area (Å²) in [6.45, 7) is 6.01. The van der Waals surface area contributed by atoms with E-state index in [2.05, 4.69) is 28.1 Å². The predicted molar refractivity (Wildman–Crippen MR) is 124 cm³/mol. The molecule has 4 rings (SSSR count). The number of piperazine rings is 1. The quantitative estimate of drug-likeness (QED) is 0.737. The van der Waals surface area contributed by atoms with Crippen LogP contribution in [0.2, 0.25) is 5.02 Å². The highest BCUT2D eigenvalue weighted by Gasteiger charge is 2.26. The zero-order valence-corrected chi connectivity index (χ0v) is 18.9. The van der Waals surface area contributed by atoms with Gasteiger partial charge in [-0.2, -0.15) is 5.26 Å². The number of nitriles is 1. The third-order valence-electron chi connectivity index (χ3n) is 6.24. The van der Waals surface area contributed by atoms with Crippen LogP contribution in [0.1, 0.15) is 35.8 Å². The van der Waals surface area contributed by atoms with Crippen molar-refractivity contribution in [1.29, 1.82) is 5.26 Å². The van der Waals surface area contributed by atoms with E-state index in [4.69, 9.17) is 11.6 Å². The van der Waals surface area contributed by atoms with Crippen LogP contribution in [0.3, 0.4) is 0 Å². The predicted octanol–water partition coefficient (Wildman–Crippen LogP) is 4.55. The fraction of sp³-hybridized carbons (Fsp3) is 0.478. The molecule has 0 saturated carbocycles. The molecule has 1 N–H and O–H groups in total. The number of anilines is 2. The summed E-state index contributed by atoms with van der Waals surface area (Å²) >= 11 is 7.58. The number of benzene rings is 1. The Hall–Kier alpha value is -2.07. The second kappa shape index (κ2) is 9.38. The number of carbonyl (C=O) groups excluding carboxylic acids is 1. The summed E-state index contributed by atoms with van der Waals surface area (Å²) < 4.78 is 0. The minimum atomic E-state index is -0.0305. The first kappa shape index (κ1) is 21.2. The van der Waals surface area contributed by atoms with Crippen molar-refractivity contribution in [1.82, 2.24) is 4.90 Å². The first-order chi connectivity index (χ1) is 14.6. The van der Waals surface area contributed by atoms with Gasteiger partial charge in [0.15, 0.2) is 0 Å². The van der Waals surface area contributed by atoms with Gasteiger partial charge in [-0.15, -0.1) is 11.3 Å². The van der Waals surface area contributed by atoms with Gasteiger partial charge >= 0.3 is 0 Å². The largest absolute Gasteiger partial charge is 0.369 e. The van der Waals surface area contributed by atoms with Crippen LogP contribution in [0.25, 0.3) is 0 Å². The van der Waals surface area contributed by atoms with E-state index in [1.165, 1.54) is 16.9 Å². The van der Waals surface area contributed by atoms with E-state index < -0.39 is 0 Å².